The van der Waals surface area contributed by atoms with Gasteiger partial charge in [-0.25, -0.2) is 0 Å². The number of aliphatic hydroxyl groups is 4. The molecule has 10 rings (SSSR count). The predicted octanol–water partition coefficient (Wildman–Crippen LogP) is -0.819. The minimum Gasteiger partial charge on any atom is -0.388 e. The zero-order valence-electron chi connectivity index (χ0n) is 30.7. The minimum atomic E-state index is -1.31. The van der Waals surface area contributed by atoms with Gasteiger partial charge in [-0.1, -0.05) is 12.8 Å². The summed E-state index contributed by atoms with van der Waals surface area (Å²) in [6.45, 7) is 3.67. The molecule has 18 nitrogen and oxygen atoms in total. The van der Waals surface area contributed by atoms with Crippen LogP contribution in [0.25, 0.3) is 0 Å². The van der Waals surface area contributed by atoms with Crippen LogP contribution in [0.1, 0.15) is 64.2 Å². The maximum Gasteiger partial charge on any atom is 0.256 e. The molecular formula is C36H56O18. The topological polar surface area (TPSA) is 218 Å². The van der Waals surface area contributed by atoms with Crippen molar-refractivity contribution in [2.75, 3.05) is 79.3 Å². The van der Waals surface area contributed by atoms with Crippen molar-refractivity contribution in [1.82, 2.24) is 0 Å². The Kier molecular flexibility index (Phi) is 12.0. The van der Waals surface area contributed by atoms with E-state index in [-0.39, 0.29) is 50.5 Å². The van der Waals surface area contributed by atoms with Crippen molar-refractivity contribution < 1.29 is 86.8 Å². The second-order valence-electron chi connectivity index (χ2n) is 15.7. The highest BCUT2D eigenvalue weighted by Gasteiger charge is 2.62. The van der Waals surface area contributed by atoms with E-state index in [1.807, 2.05) is 0 Å². The molecule has 8 heterocycles. The lowest BCUT2D eigenvalue weighted by atomic mass is 9.94. The maximum absolute atomic E-state index is 12.7. The van der Waals surface area contributed by atoms with Crippen LogP contribution in [0, 0.1) is 0 Å². The Labute approximate surface area is 313 Å². The molecule has 0 unspecified atom stereocenters. The fourth-order valence-corrected chi connectivity index (χ4v) is 9.01. The number of ketones is 1. The standard InChI is InChI=1S/C14H22O6.C14H20O6.C8H14O6/c2*15-12-11-10(8-18-14(12)9-16-6-7-17-14)19-13(20-11)4-2-1-3-5-13;9-5-3-14-8(7(11)6(5)10)4-12-1-2-13-8/h10-12,15H,1-9H2;10-11H,1-9H2;5-7,9-11H,1-4H2/t10-,11-,12+,14-;10-,11-,14-;5-,6-,7+,8-/m111/s1. The van der Waals surface area contributed by atoms with Crippen molar-refractivity contribution in [3.05, 3.63) is 0 Å². The van der Waals surface area contributed by atoms with E-state index >= 15 is 0 Å². The lowest BCUT2D eigenvalue weighted by molar-refractivity contribution is -0.370. The van der Waals surface area contributed by atoms with E-state index in [0.717, 1.165) is 51.4 Å². The smallest absolute Gasteiger partial charge is 0.256 e. The third-order valence-electron chi connectivity index (χ3n) is 12.0. The minimum absolute atomic E-state index is 0.0674. The lowest BCUT2D eigenvalue weighted by Crippen LogP contribution is -2.65. The number of Topliss-reactive ketones (excluding diaryl/α,β-unsaturated/α-hetero) is 1. The number of hydrogen-bond acceptors (Lipinski definition) is 18. The first-order chi connectivity index (χ1) is 26.1. The van der Waals surface area contributed by atoms with Crippen molar-refractivity contribution in [3.8, 4) is 0 Å². The molecule has 10 fully saturated rings. The van der Waals surface area contributed by atoms with Crippen LogP contribution in [-0.2, 0) is 66.4 Å². The fourth-order valence-electron chi connectivity index (χ4n) is 9.01. The van der Waals surface area contributed by atoms with E-state index in [0.29, 0.717) is 52.9 Å². The van der Waals surface area contributed by atoms with Gasteiger partial charge >= 0.3 is 0 Å². The van der Waals surface area contributed by atoms with Crippen LogP contribution in [0.15, 0.2) is 0 Å². The van der Waals surface area contributed by atoms with Crippen molar-refractivity contribution in [2.24, 2.45) is 0 Å². The van der Waals surface area contributed by atoms with Crippen LogP contribution < -0.4 is 0 Å². The van der Waals surface area contributed by atoms with Gasteiger partial charge in [-0.3, -0.25) is 4.79 Å². The Hall–Kier alpha value is -1.01. The normalized spacial score (nSPS) is 46.7. The number of aliphatic hydroxyl groups excluding tert-OH is 4. The molecular weight excluding hydrogens is 720 g/mol. The summed E-state index contributed by atoms with van der Waals surface area (Å²) in [5.74, 6) is -4.94. The summed E-state index contributed by atoms with van der Waals surface area (Å²) in [4.78, 5) is 12.7. The van der Waals surface area contributed by atoms with Crippen LogP contribution in [-0.4, -0.2) is 183 Å². The number of ether oxygens (including phenoxy) is 13. The van der Waals surface area contributed by atoms with Gasteiger partial charge in [-0.15, -0.1) is 0 Å². The third kappa shape index (κ3) is 7.66. The van der Waals surface area contributed by atoms with Crippen LogP contribution >= 0.6 is 0 Å². The number of carbonyl (C=O) groups is 1. The van der Waals surface area contributed by atoms with Crippen LogP contribution in [0.3, 0.4) is 0 Å². The average Bonchev–Trinajstić information content (AvgIpc) is 3.76. The molecule has 8 saturated heterocycles. The van der Waals surface area contributed by atoms with Gasteiger partial charge in [0.05, 0.1) is 59.5 Å². The van der Waals surface area contributed by atoms with Gasteiger partial charge in [-0.05, 0) is 25.7 Å². The van der Waals surface area contributed by atoms with E-state index in [1.54, 1.807) is 0 Å². The molecule has 11 atom stereocenters. The van der Waals surface area contributed by atoms with Crippen LogP contribution in [0.2, 0.25) is 0 Å². The molecule has 0 bridgehead atoms. The van der Waals surface area contributed by atoms with Crippen molar-refractivity contribution >= 4 is 5.78 Å². The fraction of sp³-hybridized carbons (Fsp3) is 0.972. The van der Waals surface area contributed by atoms with Crippen molar-refractivity contribution in [2.45, 2.75) is 142 Å². The second kappa shape index (κ2) is 16.3. The molecule has 308 valence electrons. The highest BCUT2D eigenvalue weighted by molar-refractivity contribution is 5.91. The molecule has 0 amide bonds. The number of fused-ring (bicyclic) bond motifs is 2. The summed E-state index contributed by atoms with van der Waals surface area (Å²) in [7, 11) is 0. The van der Waals surface area contributed by atoms with Gasteiger partial charge in [0.2, 0.25) is 17.4 Å². The highest BCUT2D eigenvalue weighted by Crippen LogP contribution is 2.46. The molecule has 8 aliphatic heterocycles. The Morgan fingerprint density at radius 2 is 1.04 bits per heavy atom. The van der Waals surface area contributed by atoms with Gasteiger partial charge in [0.15, 0.2) is 17.7 Å². The predicted molar refractivity (Wildman–Crippen MR) is 177 cm³/mol. The molecule has 10 aliphatic rings. The molecule has 54 heavy (non-hydrogen) atoms. The molecule has 0 aromatic carbocycles. The zero-order chi connectivity index (χ0) is 37.4. The Balaban J connectivity index is 0.000000117. The summed E-state index contributed by atoms with van der Waals surface area (Å²) in [5.41, 5.74) is 0. The lowest BCUT2D eigenvalue weighted by Gasteiger charge is -2.46. The van der Waals surface area contributed by atoms with Gasteiger partial charge in [0.1, 0.15) is 62.5 Å². The molecule has 2 saturated carbocycles. The quantitative estimate of drug-likeness (QED) is 0.236. The van der Waals surface area contributed by atoms with E-state index < -0.39 is 59.5 Å². The van der Waals surface area contributed by atoms with Gasteiger partial charge in [0.25, 0.3) is 5.79 Å². The van der Waals surface area contributed by atoms with Crippen LogP contribution in [0.4, 0.5) is 0 Å². The molecule has 0 aromatic rings. The Morgan fingerprint density at radius 3 is 1.63 bits per heavy atom. The average molecular weight is 777 g/mol. The third-order valence-corrected chi connectivity index (χ3v) is 12.0. The first-order valence-electron chi connectivity index (χ1n) is 19.7. The largest absolute Gasteiger partial charge is 0.388 e. The summed E-state index contributed by atoms with van der Waals surface area (Å²) in [5, 5.41) is 39.0. The van der Waals surface area contributed by atoms with Crippen molar-refractivity contribution in [3.63, 3.8) is 0 Å². The summed E-state index contributed by atoms with van der Waals surface area (Å²) in [6.07, 6.45) is 4.35. The number of hydrogen-bond donors (Lipinski definition) is 4. The van der Waals surface area contributed by atoms with E-state index in [2.05, 4.69) is 0 Å². The monoisotopic (exact) mass is 776 g/mol. The summed E-state index contributed by atoms with van der Waals surface area (Å²) >= 11 is 0. The molecule has 18 heteroatoms. The molecule has 4 N–H and O–H groups in total. The summed E-state index contributed by atoms with van der Waals surface area (Å²) in [6, 6.07) is 0. The van der Waals surface area contributed by atoms with E-state index in [9.17, 15) is 25.2 Å². The van der Waals surface area contributed by atoms with E-state index in [1.165, 1.54) is 12.8 Å². The number of carbonyl (C=O) groups excluding carboxylic acids is 1. The SMILES string of the molecule is O=C1[C@@H]2OC3(CCCCC3)O[C@@H]2CO[C@]12COCCO2.O[C@@H]1[C@H](O)CO[C@]2(COCCO2)[C@H]1O.O[C@H]1[C@@H]2OC3(CCCCC3)O[C@@H]2CO[C@]12COCCO2. The van der Waals surface area contributed by atoms with E-state index in [4.69, 9.17) is 61.6 Å². The van der Waals surface area contributed by atoms with Crippen molar-refractivity contribution in [1.29, 1.82) is 0 Å². The first kappa shape index (κ1) is 39.8. The Bertz CT molecular complexity index is 1250. The molecule has 0 radical (unpaired) electrons. The van der Waals surface area contributed by atoms with Gasteiger partial charge in [-0.2, -0.15) is 0 Å². The summed E-state index contributed by atoms with van der Waals surface area (Å²) < 4.78 is 73.3. The zero-order valence-corrected chi connectivity index (χ0v) is 30.7. The van der Waals surface area contributed by atoms with Gasteiger partial charge in [0, 0.05) is 25.7 Å². The molecule has 0 aromatic heterocycles. The maximum atomic E-state index is 12.7. The number of rotatable bonds is 0. The Morgan fingerprint density at radius 1 is 0.500 bits per heavy atom. The highest BCUT2D eigenvalue weighted by atomic mass is 16.8. The van der Waals surface area contributed by atoms with Gasteiger partial charge < -0.3 is 82.0 Å². The molecule has 2 aliphatic carbocycles. The first-order valence-corrected chi connectivity index (χ1v) is 19.7. The second-order valence-corrected chi connectivity index (χ2v) is 15.7. The van der Waals surface area contributed by atoms with Crippen LogP contribution in [0.5, 0.6) is 0 Å². The molecule has 5 spiro atoms.